The van der Waals surface area contributed by atoms with Crippen LogP contribution in [0.25, 0.3) is 10.9 Å². The van der Waals surface area contributed by atoms with Crippen LogP contribution in [0.3, 0.4) is 0 Å². The van der Waals surface area contributed by atoms with Crippen LogP contribution in [0.15, 0.2) is 18.2 Å². The van der Waals surface area contributed by atoms with Gasteiger partial charge in [-0.05, 0) is 36.5 Å². The van der Waals surface area contributed by atoms with Crippen LogP contribution < -0.4 is 0 Å². The van der Waals surface area contributed by atoms with Gasteiger partial charge in [0, 0.05) is 12.4 Å². The summed E-state index contributed by atoms with van der Waals surface area (Å²) in [6.07, 6.45) is 4.87. The summed E-state index contributed by atoms with van der Waals surface area (Å²) in [6, 6.07) is 5.28. The number of carboxylic acid groups (broad SMARTS) is 1. The van der Waals surface area contributed by atoms with E-state index in [1.54, 1.807) is 12.1 Å². The van der Waals surface area contributed by atoms with Gasteiger partial charge in [-0.2, -0.15) is 0 Å². The highest BCUT2D eigenvalue weighted by Gasteiger charge is 2.25. The number of fused-ring (bicyclic) bond motifs is 1. The molecular weight excluding hydrogens is 262 g/mol. The number of nitrogens with zero attached hydrogens (tertiary/aromatic N) is 1. The monoisotopic (exact) mass is 277 g/mol. The first-order chi connectivity index (χ1) is 9.09. The Morgan fingerprint density at radius 3 is 2.68 bits per heavy atom. The normalized spacial score (nSPS) is 16.3. The number of carboxylic acids is 1. The predicted octanol–water partition coefficient (Wildman–Crippen LogP) is 4.19. The molecule has 1 aliphatic rings. The minimum absolute atomic E-state index is 0.308. The fourth-order valence-electron chi connectivity index (χ4n) is 3.17. The summed E-state index contributed by atoms with van der Waals surface area (Å²) >= 11 is 6.46. The number of halogens is 1. The number of aryl methyl sites for hydroxylation is 1. The molecule has 0 aliphatic heterocycles. The lowest BCUT2D eigenvalue weighted by Gasteiger charge is -2.08. The van der Waals surface area contributed by atoms with Gasteiger partial charge < -0.3 is 9.67 Å². The van der Waals surface area contributed by atoms with Crippen molar-refractivity contribution in [2.75, 3.05) is 0 Å². The molecule has 1 fully saturated rings. The van der Waals surface area contributed by atoms with Crippen LogP contribution in [0.1, 0.15) is 47.5 Å². The van der Waals surface area contributed by atoms with Crippen molar-refractivity contribution < 1.29 is 9.90 Å². The molecule has 1 N–H and O–H groups in total. The minimum atomic E-state index is -0.901. The van der Waals surface area contributed by atoms with Gasteiger partial charge in [-0.1, -0.05) is 30.5 Å². The molecule has 0 radical (unpaired) electrons. The first-order valence-corrected chi connectivity index (χ1v) is 6.98. The maximum absolute atomic E-state index is 11.1. The van der Waals surface area contributed by atoms with E-state index in [0.29, 0.717) is 11.5 Å². The van der Waals surface area contributed by atoms with Crippen molar-refractivity contribution in [2.24, 2.45) is 7.05 Å². The molecule has 1 aromatic heterocycles. The van der Waals surface area contributed by atoms with Crippen LogP contribution in [0.5, 0.6) is 0 Å². The van der Waals surface area contributed by atoms with Crippen molar-refractivity contribution in [1.82, 2.24) is 4.57 Å². The van der Waals surface area contributed by atoms with Crippen LogP contribution in [0.4, 0.5) is 0 Å². The zero-order chi connectivity index (χ0) is 13.6. The highest BCUT2D eigenvalue weighted by Crippen LogP contribution is 2.42. The van der Waals surface area contributed by atoms with E-state index in [0.717, 1.165) is 16.1 Å². The summed E-state index contributed by atoms with van der Waals surface area (Å²) in [6.45, 7) is 0. The molecule has 4 heteroatoms. The Bertz CT molecular complexity index is 654. The fourth-order valence-corrected chi connectivity index (χ4v) is 3.52. The highest BCUT2D eigenvalue weighted by atomic mass is 35.5. The van der Waals surface area contributed by atoms with Crippen LogP contribution in [0, 0.1) is 0 Å². The molecular formula is C15H16ClNO2. The first-order valence-electron chi connectivity index (χ1n) is 6.60. The van der Waals surface area contributed by atoms with E-state index in [9.17, 15) is 4.79 Å². The average Bonchev–Trinajstić information content (AvgIpc) is 2.98. The molecule has 19 heavy (non-hydrogen) atoms. The van der Waals surface area contributed by atoms with Gasteiger partial charge in [0.15, 0.2) is 0 Å². The van der Waals surface area contributed by atoms with Crippen molar-refractivity contribution in [1.29, 1.82) is 0 Å². The van der Waals surface area contributed by atoms with Gasteiger partial charge in [-0.15, -0.1) is 0 Å². The number of hydrogen-bond donors (Lipinski definition) is 1. The molecule has 1 aromatic carbocycles. The van der Waals surface area contributed by atoms with Crippen molar-refractivity contribution in [3.8, 4) is 0 Å². The number of aromatic carboxylic acids is 1. The van der Waals surface area contributed by atoms with Crippen LogP contribution >= 0.6 is 11.6 Å². The first kappa shape index (κ1) is 12.5. The third-order valence-electron chi connectivity index (χ3n) is 4.18. The molecule has 1 heterocycles. The Morgan fingerprint density at radius 1 is 1.37 bits per heavy atom. The van der Waals surface area contributed by atoms with E-state index in [-0.39, 0.29) is 0 Å². The summed E-state index contributed by atoms with van der Waals surface area (Å²) < 4.78 is 1.90. The lowest BCUT2D eigenvalue weighted by atomic mass is 9.96. The summed E-state index contributed by atoms with van der Waals surface area (Å²) in [5.74, 6) is -0.381. The zero-order valence-electron chi connectivity index (χ0n) is 10.8. The lowest BCUT2D eigenvalue weighted by Crippen LogP contribution is -1.96. The molecule has 0 unspecified atom stereocenters. The van der Waals surface area contributed by atoms with E-state index >= 15 is 0 Å². The molecule has 100 valence electrons. The molecule has 1 aliphatic carbocycles. The minimum Gasteiger partial charge on any atom is -0.478 e. The molecule has 3 rings (SSSR count). The second-order valence-corrected chi connectivity index (χ2v) is 5.64. The van der Waals surface area contributed by atoms with Gasteiger partial charge in [-0.25, -0.2) is 4.79 Å². The van der Waals surface area contributed by atoms with Gasteiger partial charge >= 0.3 is 5.97 Å². The Hall–Kier alpha value is -1.48. The van der Waals surface area contributed by atoms with Crippen LogP contribution in [-0.2, 0) is 7.05 Å². The Kier molecular flexibility index (Phi) is 3.02. The summed E-state index contributed by atoms with van der Waals surface area (Å²) in [4.78, 5) is 11.1. The SMILES string of the molecule is Cn1c(Cl)c(C2CCCC2)c2ccc(C(=O)O)cc21. The fraction of sp³-hybridized carbons (Fsp3) is 0.400. The third-order valence-corrected chi connectivity index (χ3v) is 4.63. The van der Waals surface area contributed by atoms with Gasteiger partial charge in [-0.3, -0.25) is 0 Å². The zero-order valence-corrected chi connectivity index (χ0v) is 11.6. The van der Waals surface area contributed by atoms with Crippen molar-refractivity contribution in [3.63, 3.8) is 0 Å². The Morgan fingerprint density at radius 2 is 2.05 bits per heavy atom. The Balaban J connectivity index is 2.22. The number of carbonyl (C=O) groups is 1. The quantitative estimate of drug-likeness (QED) is 0.894. The molecule has 1 saturated carbocycles. The number of hydrogen-bond acceptors (Lipinski definition) is 1. The molecule has 2 aromatic rings. The number of benzene rings is 1. The lowest BCUT2D eigenvalue weighted by molar-refractivity contribution is 0.0697. The maximum atomic E-state index is 11.1. The average molecular weight is 278 g/mol. The van der Waals surface area contributed by atoms with Gasteiger partial charge in [0.1, 0.15) is 5.15 Å². The summed E-state index contributed by atoms with van der Waals surface area (Å²) in [5, 5.41) is 10.9. The van der Waals surface area contributed by atoms with Gasteiger partial charge in [0.25, 0.3) is 0 Å². The largest absolute Gasteiger partial charge is 0.478 e. The highest BCUT2D eigenvalue weighted by molar-refractivity contribution is 6.32. The van der Waals surface area contributed by atoms with Crippen LogP contribution in [0.2, 0.25) is 5.15 Å². The Labute approximate surface area is 116 Å². The molecule has 0 bridgehead atoms. The second-order valence-electron chi connectivity index (χ2n) is 5.28. The third kappa shape index (κ3) is 1.93. The molecule has 0 amide bonds. The smallest absolute Gasteiger partial charge is 0.335 e. The standard InChI is InChI=1S/C15H16ClNO2/c1-17-12-8-10(15(18)19)6-7-11(12)13(14(17)16)9-4-2-3-5-9/h6-9H,2-5H2,1H3,(H,18,19). The number of rotatable bonds is 2. The second kappa shape index (κ2) is 4.57. The van der Waals surface area contributed by atoms with E-state index in [2.05, 4.69) is 0 Å². The maximum Gasteiger partial charge on any atom is 0.335 e. The topological polar surface area (TPSA) is 42.2 Å². The van der Waals surface area contributed by atoms with E-state index in [1.165, 1.54) is 31.2 Å². The van der Waals surface area contributed by atoms with Crippen molar-refractivity contribution in [2.45, 2.75) is 31.6 Å². The number of aromatic nitrogens is 1. The van der Waals surface area contributed by atoms with Crippen molar-refractivity contribution in [3.05, 3.63) is 34.5 Å². The molecule has 3 nitrogen and oxygen atoms in total. The van der Waals surface area contributed by atoms with Crippen LogP contribution in [-0.4, -0.2) is 15.6 Å². The summed E-state index contributed by atoms with van der Waals surface area (Å²) in [5.41, 5.74) is 2.42. The predicted molar refractivity (Wildman–Crippen MR) is 76.1 cm³/mol. The molecule has 0 spiro atoms. The van der Waals surface area contributed by atoms with Gasteiger partial charge in [0.2, 0.25) is 0 Å². The van der Waals surface area contributed by atoms with Crippen molar-refractivity contribution >= 4 is 28.5 Å². The van der Waals surface area contributed by atoms with E-state index in [4.69, 9.17) is 16.7 Å². The molecule has 0 atom stereocenters. The van der Waals surface area contributed by atoms with E-state index in [1.807, 2.05) is 17.7 Å². The van der Waals surface area contributed by atoms with E-state index < -0.39 is 5.97 Å². The summed E-state index contributed by atoms with van der Waals surface area (Å²) in [7, 11) is 1.90. The molecule has 0 saturated heterocycles. The van der Waals surface area contributed by atoms with Gasteiger partial charge in [0.05, 0.1) is 11.1 Å².